The van der Waals surface area contributed by atoms with E-state index >= 15 is 0 Å². The average molecular weight is 333 g/mol. The smallest absolute Gasteiger partial charge is 0.335 e. The van der Waals surface area contributed by atoms with E-state index in [1.165, 1.54) is 18.2 Å². The zero-order valence-corrected chi connectivity index (χ0v) is 13.6. The summed E-state index contributed by atoms with van der Waals surface area (Å²) in [7, 11) is -3.63. The molecule has 0 heterocycles. The molecule has 2 N–H and O–H groups in total. The lowest BCUT2D eigenvalue weighted by atomic mass is 10.1. The van der Waals surface area contributed by atoms with Crippen LogP contribution >= 0.6 is 0 Å². The van der Waals surface area contributed by atoms with E-state index in [-0.39, 0.29) is 10.5 Å². The van der Waals surface area contributed by atoms with E-state index in [0.717, 1.165) is 12.0 Å². The van der Waals surface area contributed by atoms with Gasteiger partial charge in [0.25, 0.3) is 0 Å². The third-order valence-corrected chi connectivity index (χ3v) is 5.11. The second-order valence-corrected chi connectivity index (χ2v) is 7.01. The largest absolute Gasteiger partial charge is 0.478 e. The number of hydrogen-bond donors (Lipinski definition) is 2. The molecule has 0 fully saturated rings. The summed E-state index contributed by atoms with van der Waals surface area (Å²) >= 11 is 0. The number of aryl methyl sites for hydroxylation is 2. The van der Waals surface area contributed by atoms with Crippen LogP contribution in [-0.2, 0) is 16.4 Å². The molecule has 0 saturated heterocycles. The zero-order chi connectivity index (χ0) is 16.9. The normalized spacial score (nSPS) is 11.3. The van der Waals surface area contributed by atoms with Crippen LogP contribution in [0.5, 0.6) is 0 Å². The van der Waals surface area contributed by atoms with E-state index in [9.17, 15) is 13.2 Å². The molecule has 23 heavy (non-hydrogen) atoms. The Balaban J connectivity index is 1.98. The van der Waals surface area contributed by atoms with E-state index in [2.05, 4.69) is 4.72 Å². The number of benzene rings is 2. The lowest BCUT2D eigenvalue weighted by molar-refractivity contribution is 0.0696. The number of hydrogen-bond acceptors (Lipinski definition) is 3. The predicted octanol–water partition coefficient (Wildman–Crippen LogP) is 2.60. The number of nitrogens with one attached hydrogen (secondary N) is 1. The van der Waals surface area contributed by atoms with Crippen LogP contribution in [0, 0.1) is 6.92 Å². The van der Waals surface area contributed by atoms with Crippen molar-refractivity contribution in [3.63, 3.8) is 0 Å². The maximum Gasteiger partial charge on any atom is 0.335 e. The molecule has 0 radical (unpaired) electrons. The van der Waals surface area contributed by atoms with Gasteiger partial charge < -0.3 is 5.11 Å². The first-order chi connectivity index (χ1) is 10.9. The minimum atomic E-state index is -3.63. The van der Waals surface area contributed by atoms with Gasteiger partial charge in [0.15, 0.2) is 0 Å². The molecule has 0 aliphatic carbocycles. The van der Waals surface area contributed by atoms with Crippen molar-refractivity contribution in [2.75, 3.05) is 6.54 Å². The molecule has 122 valence electrons. The maximum atomic E-state index is 12.3. The van der Waals surface area contributed by atoms with Gasteiger partial charge in [0.05, 0.1) is 10.5 Å². The lowest BCUT2D eigenvalue weighted by Gasteiger charge is -2.10. The summed E-state index contributed by atoms with van der Waals surface area (Å²) in [5.41, 5.74) is 1.65. The minimum Gasteiger partial charge on any atom is -0.478 e. The first-order valence-electron chi connectivity index (χ1n) is 7.28. The van der Waals surface area contributed by atoms with Gasteiger partial charge in [-0.15, -0.1) is 0 Å². The molecule has 0 atom stereocenters. The first kappa shape index (κ1) is 17.2. The summed E-state index contributed by atoms with van der Waals surface area (Å²) in [5, 5.41) is 8.92. The summed E-state index contributed by atoms with van der Waals surface area (Å²) in [4.78, 5) is 11.0. The molecule has 0 unspecified atom stereocenters. The Morgan fingerprint density at radius 1 is 1.13 bits per heavy atom. The van der Waals surface area contributed by atoms with Crippen LogP contribution in [0.4, 0.5) is 0 Å². The zero-order valence-electron chi connectivity index (χ0n) is 12.8. The second kappa shape index (κ2) is 7.39. The van der Waals surface area contributed by atoms with Crippen molar-refractivity contribution in [2.45, 2.75) is 24.7 Å². The van der Waals surface area contributed by atoms with Gasteiger partial charge in [0.1, 0.15) is 0 Å². The SMILES string of the molecule is Cc1cc(C(=O)O)ccc1S(=O)(=O)NCCCc1ccccc1. The Morgan fingerprint density at radius 3 is 2.43 bits per heavy atom. The van der Waals surface area contributed by atoms with Gasteiger partial charge in [-0.1, -0.05) is 30.3 Å². The van der Waals surface area contributed by atoms with Crippen LogP contribution in [0.2, 0.25) is 0 Å². The van der Waals surface area contributed by atoms with Crippen LogP contribution in [0.3, 0.4) is 0 Å². The Labute approximate surface area is 136 Å². The number of sulfonamides is 1. The van der Waals surface area contributed by atoms with Gasteiger partial charge in [0, 0.05) is 6.54 Å². The van der Waals surface area contributed by atoms with Crippen LogP contribution in [0.25, 0.3) is 0 Å². The van der Waals surface area contributed by atoms with Crippen molar-refractivity contribution in [1.82, 2.24) is 4.72 Å². The topological polar surface area (TPSA) is 83.5 Å². The number of aromatic carboxylic acids is 1. The average Bonchev–Trinajstić information content (AvgIpc) is 2.52. The molecule has 0 saturated carbocycles. The van der Waals surface area contributed by atoms with E-state index in [4.69, 9.17) is 5.11 Å². The number of carboxylic acid groups (broad SMARTS) is 1. The molecule has 2 rings (SSSR count). The highest BCUT2D eigenvalue weighted by molar-refractivity contribution is 7.89. The summed E-state index contributed by atoms with van der Waals surface area (Å²) < 4.78 is 27.1. The molecule has 2 aromatic carbocycles. The summed E-state index contributed by atoms with van der Waals surface area (Å²) in [6, 6.07) is 13.8. The number of carbonyl (C=O) groups is 1. The van der Waals surface area contributed by atoms with Gasteiger partial charge in [0.2, 0.25) is 10.0 Å². The highest BCUT2D eigenvalue weighted by atomic mass is 32.2. The molecule has 5 nitrogen and oxygen atoms in total. The molecule has 0 aliphatic heterocycles. The standard InChI is InChI=1S/C17H19NO4S/c1-13-12-15(17(19)20)9-10-16(13)23(21,22)18-11-5-8-14-6-3-2-4-7-14/h2-4,6-7,9-10,12,18H,5,8,11H2,1H3,(H,19,20). The van der Waals surface area contributed by atoms with E-state index in [1.807, 2.05) is 30.3 Å². The Hall–Kier alpha value is -2.18. The Bertz CT molecular complexity index is 785. The van der Waals surface area contributed by atoms with Crippen LogP contribution in [0.15, 0.2) is 53.4 Å². The second-order valence-electron chi connectivity index (χ2n) is 5.27. The minimum absolute atomic E-state index is 0.0746. The predicted molar refractivity (Wildman–Crippen MR) is 88.1 cm³/mol. The van der Waals surface area contributed by atoms with Crippen molar-refractivity contribution >= 4 is 16.0 Å². The third-order valence-electron chi connectivity index (χ3n) is 3.49. The van der Waals surface area contributed by atoms with E-state index in [0.29, 0.717) is 18.5 Å². The maximum absolute atomic E-state index is 12.3. The van der Waals surface area contributed by atoms with Crippen molar-refractivity contribution in [3.05, 3.63) is 65.2 Å². The molecular formula is C17H19NO4S. The molecular weight excluding hydrogens is 314 g/mol. The van der Waals surface area contributed by atoms with E-state index < -0.39 is 16.0 Å². The summed E-state index contributed by atoms with van der Waals surface area (Å²) in [6.45, 7) is 1.92. The molecule has 0 aromatic heterocycles. The van der Waals surface area contributed by atoms with Gasteiger partial charge >= 0.3 is 5.97 Å². The molecule has 2 aromatic rings. The van der Waals surface area contributed by atoms with Gasteiger partial charge in [-0.3, -0.25) is 0 Å². The van der Waals surface area contributed by atoms with Crippen molar-refractivity contribution < 1.29 is 18.3 Å². The number of rotatable bonds is 7. The molecule has 0 aliphatic rings. The lowest BCUT2D eigenvalue weighted by Crippen LogP contribution is -2.26. The molecule has 0 bridgehead atoms. The fraction of sp³-hybridized carbons (Fsp3) is 0.235. The highest BCUT2D eigenvalue weighted by Crippen LogP contribution is 2.17. The molecule has 0 spiro atoms. The van der Waals surface area contributed by atoms with Crippen LogP contribution in [-0.4, -0.2) is 26.0 Å². The summed E-state index contributed by atoms with van der Waals surface area (Å²) in [6.07, 6.45) is 1.48. The quantitative estimate of drug-likeness (QED) is 0.763. The molecule has 6 heteroatoms. The highest BCUT2D eigenvalue weighted by Gasteiger charge is 2.17. The van der Waals surface area contributed by atoms with Gasteiger partial charge in [-0.05, 0) is 49.1 Å². The fourth-order valence-corrected chi connectivity index (χ4v) is 3.60. The van der Waals surface area contributed by atoms with E-state index in [1.54, 1.807) is 6.92 Å². The van der Waals surface area contributed by atoms with Crippen LogP contribution < -0.4 is 4.72 Å². The number of carboxylic acids is 1. The first-order valence-corrected chi connectivity index (χ1v) is 8.76. The van der Waals surface area contributed by atoms with Gasteiger partial charge in [-0.25, -0.2) is 17.9 Å². The van der Waals surface area contributed by atoms with Crippen molar-refractivity contribution in [3.8, 4) is 0 Å². The van der Waals surface area contributed by atoms with Crippen molar-refractivity contribution in [1.29, 1.82) is 0 Å². The molecule has 0 amide bonds. The Kier molecular flexibility index (Phi) is 5.52. The summed E-state index contributed by atoms with van der Waals surface area (Å²) in [5.74, 6) is -1.08. The van der Waals surface area contributed by atoms with Crippen LogP contribution in [0.1, 0.15) is 27.9 Å². The third kappa shape index (κ3) is 4.64. The Morgan fingerprint density at radius 2 is 1.83 bits per heavy atom. The monoisotopic (exact) mass is 333 g/mol. The fourth-order valence-electron chi connectivity index (χ4n) is 2.31. The van der Waals surface area contributed by atoms with Crippen molar-refractivity contribution in [2.24, 2.45) is 0 Å². The van der Waals surface area contributed by atoms with Gasteiger partial charge in [-0.2, -0.15) is 0 Å².